The van der Waals surface area contributed by atoms with Gasteiger partial charge in [-0.05, 0) is 41.5 Å². The van der Waals surface area contributed by atoms with Crippen LogP contribution in [0.3, 0.4) is 0 Å². The van der Waals surface area contributed by atoms with E-state index in [-0.39, 0.29) is 0 Å². The highest BCUT2D eigenvalue weighted by Gasteiger charge is 2.35. The Bertz CT molecular complexity index is 330. The van der Waals surface area contributed by atoms with Crippen LogP contribution in [0.25, 0.3) is 0 Å². The van der Waals surface area contributed by atoms with Crippen molar-refractivity contribution in [3.8, 4) is 0 Å². The van der Waals surface area contributed by atoms with Gasteiger partial charge in [0.1, 0.15) is 0 Å². The fourth-order valence-corrected chi connectivity index (χ4v) is 1.92. The van der Waals surface area contributed by atoms with Crippen LogP contribution >= 0.6 is 11.3 Å². The lowest BCUT2D eigenvalue weighted by molar-refractivity contribution is 0.0240. The van der Waals surface area contributed by atoms with Gasteiger partial charge in [-0.15, -0.1) is 11.3 Å². The Morgan fingerprint density at radius 1 is 1.20 bits per heavy atom. The molecule has 1 heterocycles. The lowest BCUT2D eigenvalue weighted by Crippen LogP contribution is -2.51. The number of nitrogens with one attached hydrogen (secondary N) is 1. The number of aliphatic hydroxyl groups is 1. The van der Waals surface area contributed by atoms with Crippen LogP contribution in [0.4, 0.5) is 5.13 Å². The van der Waals surface area contributed by atoms with Crippen LogP contribution in [-0.4, -0.2) is 21.2 Å². The van der Waals surface area contributed by atoms with Gasteiger partial charge in [-0.25, -0.2) is 4.98 Å². The largest absolute Gasteiger partial charge is 0.388 e. The van der Waals surface area contributed by atoms with Crippen LogP contribution in [0, 0.1) is 13.8 Å². The maximum absolute atomic E-state index is 10.00. The first-order valence-corrected chi connectivity index (χ1v) is 5.90. The van der Waals surface area contributed by atoms with Gasteiger partial charge in [-0.3, -0.25) is 0 Å². The summed E-state index contributed by atoms with van der Waals surface area (Å²) in [6.45, 7) is 11.6. The Labute approximate surface area is 95.6 Å². The second-order valence-electron chi connectivity index (χ2n) is 4.97. The van der Waals surface area contributed by atoms with E-state index >= 15 is 0 Å². The zero-order chi connectivity index (χ0) is 11.9. The van der Waals surface area contributed by atoms with Gasteiger partial charge in [0.25, 0.3) is 0 Å². The van der Waals surface area contributed by atoms with E-state index in [2.05, 4.69) is 17.2 Å². The molecule has 0 amide bonds. The smallest absolute Gasteiger partial charge is 0.183 e. The summed E-state index contributed by atoms with van der Waals surface area (Å²) >= 11 is 1.62. The topological polar surface area (TPSA) is 45.2 Å². The molecule has 1 rings (SSSR count). The summed E-state index contributed by atoms with van der Waals surface area (Å²) in [5.74, 6) is 0. The Balaban J connectivity index is 2.86. The van der Waals surface area contributed by atoms with Crippen LogP contribution in [0.15, 0.2) is 0 Å². The predicted octanol–water partition coefficient (Wildman–Crippen LogP) is 2.72. The monoisotopic (exact) mass is 228 g/mol. The molecule has 15 heavy (non-hydrogen) atoms. The number of thiazole rings is 1. The number of nitrogens with zero attached hydrogens (tertiary/aromatic N) is 1. The molecule has 0 saturated carbocycles. The van der Waals surface area contributed by atoms with Gasteiger partial charge in [0.15, 0.2) is 5.13 Å². The molecule has 0 fully saturated rings. The molecule has 1 aromatic rings. The molecule has 0 aliphatic heterocycles. The van der Waals surface area contributed by atoms with E-state index in [1.165, 1.54) is 4.88 Å². The highest BCUT2D eigenvalue weighted by Crippen LogP contribution is 2.29. The highest BCUT2D eigenvalue weighted by atomic mass is 32.1. The molecular weight excluding hydrogens is 208 g/mol. The normalized spacial score (nSPS) is 13.0. The minimum absolute atomic E-state index is 0.399. The molecule has 0 aliphatic carbocycles. The molecule has 0 radical (unpaired) electrons. The molecule has 0 aromatic carbocycles. The van der Waals surface area contributed by atoms with Crippen molar-refractivity contribution in [2.75, 3.05) is 5.32 Å². The third kappa shape index (κ3) is 2.69. The predicted molar refractivity (Wildman–Crippen MR) is 65.6 cm³/mol. The van der Waals surface area contributed by atoms with Crippen molar-refractivity contribution in [3.05, 3.63) is 10.6 Å². The van der Waals surface area contributed by atoms with Crippen molar-refractivity contribution in [3.63, 3.8) is 0 Å². The number of rotatable bonds is 3. The molecule has 86 valence electrons. The molecule has 1 aromatic heterocycles. The summed E-state index contributed by atoms with van der Waals surface area (Å²) in [5.41, 5.74) is -0.140. The molecule has 0 unspecified atom stereocenters. The SMILES string of the molecule is Cc1nc(NC(C)(C)C(C)(C)O)sc1C. The fraction of sp³-hybridized carbons (Fsp3) is 0.727. The number of hydrogen-bond acceptors (Lipinski definition) is 4. The molecular formula is C11H20N2OS. The van der Waals surface area contributed by atoms with Crippen LogP contribution < -0.4 is 5.32 Å². The molecule has 4 heteroatoms. The maximum Gasteiger partial charge on any atom is 0.183 e. The number of aryl methyl sites for hydroxylation is 2. The molecule has 0 aliphatic rings. The van der Waals surface area contributed by atoms with Crippen molar-refractivity contribution in [1.82, 2.24) is 4.98 Å². The van der Waals surface area contributed by atoms with Crippen molar-refractivity contribution in [2.45, 2.75) is 52.7 Å². The average Bonchev–Trinajstić information content (AvgIpc) is 2.27. The van der Waals surface area contributed by atoms with E-state index in [0.717, 1.165) is 10.8 Å². The van der Waals surface area contributed by atoms with Gasteiger partial charge in [0.2, 0.25) is 0 Å². The zero-order valence-electron chi connectivity index (χ0n) is 10.3. The van der Waals surface area contributed by atoms with E-state index in [9.17, 15) is 5.11 Å². The van der Waals surface area contributed by atoms with Gasteiger partial charge in [-0.1, -0.05) is 0 Å². The van der Waals surface area contributed by atoms with Crippen LogP contribution in [-0.2, 0) is 0 Å². The fourth-order valence-electron chi connectivity index (χ4n) is 0.946. The first-order chi connectivity index (χ1) is 6.63. The standard InChI is InChI=1S/C11H20N2OS/c1-7-8(2)15-9(12-7)13-10(3,4)11(5,6)14/h14H,1-6H3,(H,12,13). The van der Waals surface area contributed by atoms with Crippen molar-refractivity contribution in [2.24, 2.45) is 0 Å². The highest BCUT2D eigenvalue weighted by molar-refractivity contribution is 7.15. The summed E-state index contributed by atoms with van der Waals surface area (Å²) in [4.78, 5) is 5.62. The summed E-state index contributed by atoms with van der Waals surface area (Å²) in [7, 11) is 0. The van der Waals surface area contributed by atoms with Gasteiger partial charge in [-0.2, -0.15) is 0 Å². The van der Waals surface area contributed by atoms with E-state index in [0.29, 0.717) is 0 Å². The molecule has 3 nitrogen and oxygen atoms in total. The second-order valence-corrected chi connectivity index (χ2v) is 6.17. The third-order valence-electron chi connectivity index (χ3n) is 2.98. The molecule has 0 spiro atoms. The quantitative estimate of drug-likeness (QED) is 0.836. The Morgan fingerprint density at radius 3 is 2.07 bits per heavy atom. The van der Waals surface area contributed by atoms with Gasteiger partial charge in [0, 0.05) is 4.88 Å². The Morgan fingerprint density at radius 2 is 1.73 bits per heavy atom. The van der Waals surface area contributed by atoms with Gasteiger partial charge in [0.05, 0.1) is 16.8 Å². The number of hydrogen-bond donors (Lipinski definition) is 2. The Hall–Kier alpha value is -0.610. The van der Waals surface area contributed by atoms with Crippen molar-refractivity contribution < 1.29 is 5.11 Å². The van der Waals surface area contributed by atoms with E-state index in [4.69, 9.17) is 0 Å². The average molecular weight is 228 g/mol. The van der Waals surface area contributed by atoms with Gasteiger partial charge < -0.3 is 10.4 Å². The van der Waals surface area contributed by atoms with Crippen molar-refractivity contribution in [1.29, 1.82) is 0 Å². The summed E-state index contributed by atoms with van der Waals surface area (Å²) < 4.78 is 0. The first-order valence-electron chi connectivity index (χ1n) is 5.08. The van der Waals surface area contributed by atoms with Crippen LogP contribution in [0.1, 0.15) is 38.3 Å². The van der Waals surface area contributed by atoms with Crippen molar-refractivity contribution >= 4 is 16.5 Å². The van der Waals surface area contributed by atoms with Gasteiger partial charge >= 0.3 is 0 Å². The molecule has 0 bridgehead atoms. The second kappa shape index (κ2) is 3.76. The van der Waals surface area contributed by atoms with Crippen LogP contribution in [0.5, 0.6) is 0 Å². The number of aromatic nitrogens is 1. The zero-order valence-corrected chi connectivity index (χ0v) is 11.1. The lowest BCUT2D eigenvalue weighted by atomic mass is 9.86. The summed E-state index contributed by atoms with van der Waals surface area (Å²) in [5, 5.41) is 14.1. The van der Waals surface area contributed by atoms with Crippen LogP contribution in [0.2, 0.25) is 0 Å². The van der Waals surface area contributed by atoms with E-state index < -0.39 is 11.1 Å². The van der Waals surface area contributed by atoms with E-state index in [1.54, 1.807) is 25.2 Å². The third-order valence-corrected chi connectivity index (χ3v) is 3.97. The lowest BCUT2D eigenvalue weighted by Gasteiger charge is -2.37. The molecule has 0 saturated heterocycles. The Kier molecular flexibility index (Phi) is 3.12. The van der Waals surface area contributed by atoms with E-state index in [1.807, 2.05) is 20.8 Å². The minimum Gasteiger partial charge on any atom is -0.388 e. The first kappa shape index (κ1) is 12.5. The molecule has 0 atom stereocenters. The summed E-state index contributed by atoms with van der Waals surface area (Å²) in [6.07, 6.45) is 0. The molecule has 2 N–H and O–H groups in total. The maximum atomic E-state index is 10.00. The number of anilines is 1. The minimum atomic E-state index is -0.791. The summed E-state index contributed by atoms with van der Waals surface area (Å²) in [6, 6.07) is 0.